The fraction of sp³-hybridized carbons (Fsp3) is 1.00. The third kappa shape index (κ3) is 16.8. The normalized spacial score (nSPS) is 15.5. The Bertz CT molecular complexity index is 285. The van der Waals surface area contributed by atoms with Crippen molar-refractivity contribution < 1.29 is 10.2 Å². The van der Waals surface area contributed by atoms with Crippen molar-refractivity contribution in [2.45, 2.75) is 118 Å². The number of hydrogen-bond acceptors (Lipinski definition) is 2. The summed E-state index contributed by atoms with van der Waals surface area (Å²) in [7, 11) is 0. The van der Waals surface area contributed by atoms with E-state index in [0.717, 1.165) is 19.3 Å². The molecule has 146 valence electrons. The zero-order valence-electron chi connectivity index (χ0n) is 17.5. The Morgan fingerprint density at radius 3 is 1.58 bits per heavy atom. The number of unbranched alkanes of at least 4 members (excludes halogenated alkanes) is 6. The average Bonchev–Trinajstić information content (AvgIpc) is 2.37. The van der Waals surface area contributed by atoms with Crippen LogP contribution in [0.15, 0.2) is 0 Å². The highest BCUT2D eigenvalue weighted by Gasteiger charge is 2.24. The highest BCUT2D eigenvalue weighted by atomic mass is 16.3. The molecule has 0 saturated carbocycles. The molecule has 0 aromatic rings. The summed E-state index contributed by atoms with van der Waals surface area (Å²) in [5.74, 6) is 0.650. The van der Waals surface area contributed by atoms with Gasteiger partial charge in [0.1, 0.15) is 0 Å². The van der Waals surface area contributed by atoms with E-state index < -0.39 is 0 Å². The van der Waals surface area contributed by atoms with Crippen molar-refractivity contribution >= 4 is 0 Å². The summed E-state index contributed by atoms with van der Waals surface area (Å²) in [4.78, 5) is 0. The van der Waals surface area contributed by atoms with Crippen LogP contribution in [0.25, 0.3) is 0 Å². The third-order valence-corrected chi connectivity index (χ3v) is 4.62. The van der Waals surface area contributed by atoms with Gasteiger partial charge in [0.2, 0.25) is 0 Å². The van der Waals surface area contributed by atoms with Gasteiger partial charge in [-0.15, -0.1) is 0 Å². The molecule has 2 unspecified atom stereocenters. The monoisotopic (exact) mass is 342 g/mol. The molecule has 0 fully saturated rings. The number of hydrogen-bond donors (Lipinski definition) is 2. The smallest absolute Gasteiger partial charge is 0.0547 e. The minimum absolute atomic E-state index is 0.157. The maximum atomic E-state index is 10.5. The standard InChI is InChI=1S/C22H46O2/c1-21(2,3)17-19(16-20(24)18-22(4,5)6)14-12-10-8-7-9-11-13-15-23/h19-20,23-24H,7-18H2,1-6H3. The highest BCUT2D eigenvalue weighted by molar-refractivity contribution is 4.75. The van der Waals surface area contributed by atoms with Crippen LogP contribution in [-0.2, 0) is 0 Å². The van der Waals surface area contributed by atoms with Crippen LogP contribution in [0.4, 0.5) is 0 Å². The summed E-state index contributed by atoms with van der Waals surface area (Å²) in [5.41, 5.74) is 0.552. The van der Waals surface area contributed by atoms with Gasteiger partial charge in [-0.1, -0.05) is 86.5 Å². The van der Waals surface area contributed by atoms with Crippen LogP contribution in [0.1, 0.15) is 112 Å². The molecule has 0 aliphatic heterocycles. The van der Waals surface area contributed by atoms with Crippen molar-refractivity contribution in [2.24, 2.45) is 16.7 Å². The minimum Gasteiger partial charge on any atom is -0.396 e. The number of aliphatic hydroxyl groups excluding tert-OH is 2. The summed E-state index contributed by atoms with van der Waals surface area (Å²) < 4.78 is 0. The van der Waals surface area contributed by atoms with Crippen LogP contribution < -0.4 is 0 Å². The molecule has 2 atom stereocenters. The van der Waals surface area contributed by atoms with E-state index in [9.17, 15) is 5.11 Å². The molecule has 0 radical (unpaired) electrons. The van der Waals surface area contributed by atoms with Crippen LogP contribution in [0, 0.1) is 16.7 Å². The lowest BCUT2D eigenvalue weighted by Crippen LogP contribution is -2.23. The second kappa shape index (κ2) is 12.3. The molecule has 2 nitrogen and oxygen atoms in total. The molecule has 24 heavy (non-hydrogen) atoms. The fourth-order valence-corrected chi connectivity index (χ4v) is 3.77. The van der Waals surface area contributed by atoms with Gasteiger partial charge in [-0.3, -0.25) is 0 Å². The van der Waals surface area contributed by atoms with Crippen molar-refractivity contribution in [3.05, 3.63) is 0 Å². The molecule has 0 amide bonds. The molecule has 0 heterocycles. The lowest BCUT2D eigenvalue weighted by molar-refractivity contribution is 0.0843. The van der Waals surface area contributed by atoms with Gasteiger partial charge in [0.25, 0.3) is 0 Å². The van der Waals surface area contributed by atoms with Gasteiger partial charge in [-0.2, -0.15) is 0 Å². The average molecular weight is 343 g/mol. The molecular formula is C22H46O2. The van der Waals surface area contributed by atoms with Gasteiger partial charge in [0, 0.05) is 6.61 Å². The Morgan fingerprint density at radius 1 is 0.667 bits per heavy atom. The molecule has 0 rings (SSSR count). The van der Waals surface area contributed by atoms with E-state index in [1.807, 2.05) is 0 Å². The van der Waals surface area contributed by atoms with Crippen molar-refractivity contribution in [3.8, 4) is 0 Å². The zero-order valence-corrected chi connectivity index (χ0v) is 17.5. The van der Waals surface area contributed by atoms with E-state index in [1.54, 1.807) is 0 Å². The van der Waals surface area contributed by atoms with Crippen molar-refractivity contribution in [1.29, 1.82) is 0 Å². The van der Waals surface area contributed by atoms with E-state index >= 15 is 0 Å². The molecule has 0 aromatic heterocycles. The van der Waals surface area contributed by atoms with Gasteiger partial charge >= 0.3 is 0 Å². The molecular weight excluding hydrogens is 296 g/mol. The van der Waals surface area contributed by atoms with Crippen LogP contribution >= 0.6 is 0 Å². The first-order valence-electron chi connectivity index (χ1n) is 10.3. The number of rotatable bonds is 13. The first-order chi connectivity index (χ1) is 11.0. The topological polar surface area (TPSA) is 40.5 Å². The van der Waals surface area contributed by atoms with Crippen molar-refractivity contribution in [3.63, 3.8) is 0 Å². The molecule has 0 spiro atoms. The highest BCUT2D eigenvalue weighted by Crippen LogP contribution is 2.33. The van der Waals surface area contributed by atoms with Gasteiger partial charge in [0.05, 0.1) is 6.10 Å². The zero-order chi connectivity index (χ0) is 18.6. The molecule has 2 heteroatoms. The van der Waals surface area contributed by atoms with Crippen molar-refractivity contribution in [1.82, 2.24) is 0 Å². The summed E-state index contributed by atoms with van der Waals surface area (Å²) in [6.45, 7) is 13.9. The Morgan fingerprint density at radius 2 is 1.12 bits per heavy atom. The van der Waals surface area contributed by atoms with E-state index in [0.29, 0.717) is 17.9 Å². The lowest BCUT2D eigenvalue weighted by atomic mass is 9.78. The van der Waals surface area contributed by atoms with Gasteiger partial charge in [0.15, 0.2) is 0 Å². The third-order valence-electron chi connectivity index (χ3n) is 4.62. The maximum absolute atomic E-state index is 10.5. The molecule has 0 aromatic carbocycles. The predicted molar refractivity (Wildman–Crippen MR) is 106 cm³/mol. The van der Waals surface area contributed by atoms with E-state index in [4.69, 9.17) is 5.11 Å². The summed E-state index contributed by atoms with van der Waals surface area (Å²) in [5, 5.41) is 19.2. The summed E-state index contributed by atoms with van der Waals surface area (Å²) >= 11 is 0. The van der Waals surface area contributed by atoms with Crippen LogP contribution in [0.5, 0.6) is 0 Å². The Hall–Kier alpha value is -0.0800. The van der Waals surface area contributed by atoms with Crippen LogP contribution in [0.2, 0.25) is 0 Å². The molecule has 0 aliphatic carbocycles. The molecule has 0 aliphatic rings. The molecule has 2 N–H and O–H groups in total. The van der Waals surface area contributed by atoms with Gasteiger partial charge in [-0.05, 0) is 42.4 Å². The second-order valence-electron chi connectivity index (χ2n) is 10.3. The largest absolute Gasteiger partial charge is 0.396 e. The molecule has 0 bridgehead atoms. The minimum atomic E-state index is -0.157. The number of aliphatic hydroxyl groups is 2. The van der Waals surface area contributed by atoms with E-state index in [2.05, 4.69) is 41.5 Å². The summed E-state index contributed by atoms with van der Waals surface area (Å²) in [6.07, 6.45) is 12.8. The second-order valence-corrected chi connectivity index (χ2v) is 10.3. The van der Waals surface area contributed by atoms with Gasteiger partial charge < -0.3 is 10.2 Å². The van der Waals surface area contributed by atoms with Gasteiger partial charge in [-0.25, -0.2) is 0 Å². The fourth-order valence-electron chi connectivity index (χ4n) is 3.77. The quantitative estimate of drug-likeness (QED) is 0.383. The summed E-state index contributed by atoms with van der Waals surface area (Å²) in [6, 6.07) is 0. The Kier molecular flexibility index (Phi) is 12.3. The predicted octanol–water partition coefficient (Wildman–Crippen LogP) is 6.34. The van der Waals surface area contributed by atoms with Crippen LogP contribution in [-0.4, -0.2) is 22.9 Å². The maximum Gasteiger partial charge on any atom is 0.0547 e. The van der Waals surface area contributed by atoms with E-state index in [1.165, 1.54) is 51.4 Å². The first kappa shape index (κ1) is 23.9. The lowest BCUT2D eigenvalue weighted by Gasteiger charge is -2.30. The van der Waals surface area contributed by atoms with Crippen molar-refractivity contribution in [2.75, 3.05) is 6.61 Å². The van der Waals surface area contributed by atoms with E-state index in [-0.39, 0.29) is 11.5 Å². The Balaban J connectivity index is 4.09. The molecule has 0 saturated heterocycles. The van der Waals surface area contributed by atoms with Crippen LogP contribution in [0.3, 0.4) is 0 Å². The first-order valence-corrected chi connectivity index (χ1v) is 10.3. The SMILES string of the molecule is CC(C)(C)CC(O)CC(CCCCCCCCCO)CC(C)(C)C. The Labute approximate surface area is 152 Å².